The normalized spacial score (nSPS) is 13.4. The maximum Gasteiger partial charge on any atom is 0.235 e. The Kier molecular flexibility index (Phi) is 5.63. The van der Waals surface area contributed by atoms with Crippen molar-refractivity contribution in [1.82, 2.24) is 14.5 Å². The highest BCUT2D eigenvalue weighted by atomic mass is 15.2. The summed E-state index contributed by atoms with van der Waals surface area (Å²) in [5.74, 6) is 0.670. The molecule has 0 aliphatic heterocycles. The van der Waals surface area contributed by atoms with E-state index in [1.807, 2.05) is 0 Å². The molecule has 2 aromatic heterocycles. The minimum atomic E-state index is -0.0910. The summed E-state index contributed by atoms with van der Waals surface area (Å²) < 4.78 is 2.32. The summed E-state index contributed by atoms with van der Waals surface area (Å²) >= 11 is 0. The first kappa shape index (κ1) is 27.1. The first-order valence-corrected chi connectivity index (χ1v) is 16.6. The van der Waals surface area contributed by atoms with E-state index < -0.39 is 0 Å². The van der Waals surface area contributed by atoms with Crippen LogP contribution in [0.3, 0.4) is 0 Å². The van der Waals surface area contributed by atoms with Crippen LogP contribution in [0.5, 0.6) is 0 Å². The fourth-order valence-electron chi connectivity index (χ4n) is 8.14. The van der Waals surface area contributed by atoms with Crippen molar-refractivity contribution in [3.05, 3.63) is 163 Å². The Hall–Kier alpha value is -6.06. The van der Waals surface area contributed by atoms with Crippen LogP contribution in [0.15, 0.2) is 152 Å². The van der Waals surface area contributed by atoms with Crippen LogP contribution in [-0.2, 0) is 5.41 Å². The van der Waals surface area contributed by atoms with Gasteiger partial charge in [0, 0.05) is 32.7 Å². The minimum absolute atomic E-state index is 0.0910. The standard InChI is InChI=1S/C45H31N3/c1-45(2)37-23-10-8-18-34(37)41-31(20-13-24-38(41)45)32-21-12-22-33-36-26-29-16-6-7-17-30(29)27-40(36)48(43(32)33)44-46-39-25-11-9-19-35(39)42(47-44)28-14-4-3-5-15-28/h3-27H,1-2H3. The highest BCUT2D eigenvalue weighted by Crippen LogP contribution is 2.53. The summed E-state index contributed by atoms with van der Waals surface area (Å²) in [5.41, 5.74) is 12.8. The lowest BCUT2D eigenvalue weighted by Gasteiger charge is -2.21. The summed E-state index contributed by atoms with van der Waals surface area (Å²) in [6, 6.07) is 54.5. The third-order valence-electron chi connectivity index (χ3n) is 10.4. The quantitative estimate of drug-likeness (QED) is 0.198. The maximum absolute atomic E-state index is 5.41. The molecule has 10 rings (SSSR count). The predicted molar refractivity (Wildman–Crippen MR) is 200 cm³/mol. The average Bonchev–Trinajstić information content (AvgIpc) is 3.58. The summed E-state index contributed by atoms with van der Waals surface area (Å²) in [6.45, 7) is 4.69. The second-order valence-corrected chi connectivity index (χ2v) is 13.4. The van der Waals surface area contributed by atoms with Crippen LogP contribution in [0.1, 0.15) is 25.0 Å². The SMILES string of the molecule is CC1(C)c2ccccc2-c2c(-c3cccc4c5cc6ccccc6cc5n(-c5nc(-c6ccccc6)c6ccccc6n5)c34)cccc21. The smallest absolute Gasteiger partial charge is 0.235 e. The fourth-order valence-corrected chi connectivity index (χ4v) is 8.14. The first-order chi connectivity index (χ1) is 23.6. The highest BCUT2D eigenvalue weighted by Gasteiger charge is 2.37. The molecule has 0 saturated carbocycles. The minimum Gasteiger partial charge on any atom is -0.277 e. The zero-order valence-corrected chi connectivity index (χ0v) is 26.8. The van der Waals surface area contributed by atoms with E-state index in [0.29, 0.717) is 5.95 Å². The van der Waals surface area contributed by atoms with E-state index >= 15 is 0 Å². The van der Waals surface area contributed by atoms with E-state index in [1.165, 1.54) is 54.9 Å². The van der Waals surface area contributed by atoms with E-state index in [9.17, 15) is 0 Å². The lowest BCUT2D eigenvalue weighted by atomic mass is 9.82. The number of nitrogens with zero attached hydrogens (tertiary/aromatic N) is 3. The number of fused-ring (bicyclic) bond motifs is 8. The van der Waals surface area contributed by atoms with Crippen LogP contribution in [-0.4, -0.2) is 14.5 Å². The molecule has 0 N–H and O–H groups in total. The molecular weight excluding hydrogens is 583 g/mol. The first-order valence-electron chi connectivity index (χ1n) is 16.6. The number of hydrogen-bond acceptors (Lipinski definition) is 2. The largest absolute Gasteiger partial charge is 0.277 e. The van der Waals surface area contributed by atoms with Crippen LogP contribution < -0.4 is 0 Å². The lowest BCUT2D eigenvalue weighted by molar-refractivity contribution is 0.660. The predicted octanol–water partition coefficient (Wildman–Crippen LogP) is 11.5. The number of rotatable bonds is 3. The van der Waals surface area contributed by atoms with Crippen LogP contribution in [0, 0.1) is 0 Å². The van der Waals surface area contributed by atoms with Crippen molar-refractivity contribution in [3.63, 3.8) is 0 Å². The van der Waals surface area contributed by atoms with Crippen LogP contribution in [0.4, 0.5) is 0 Å². The Labute approximate surface area is 278 Å². The van der Waals surface area contributed by atoms with Crippen LogP contribution >= 0.6 is 0 Å². The van der Waals surface area contributed by atoms with Gasteiger partial charge in [0.25, 0.3) is 0 Å². The number of benzene rings is 7. The topological polar surface area (TPSA) is 30.7 Å². The van der Waals surface area contributed by atoms with Crippen LogP contribution in [0.2, 0.25) is 0 Å². The van der Waals surface area contributed by atoms with Gasteiger partial charge in [0.15, 0.2) is 0 Å². The summed E-state index contributed by atoms with van der Waals surface area (Å²) in [4.78, 5) is 10.7. The molecule has 0 radical (unpaired) electrons. The lowest BCUT2D eigenvalue weighted by Crippen LogP contribution is -2.14. The fraction of sp³-hybridized carbons (Fsp3) is 0.0667. The molecule has 0 amide bonds. The molecule has 0 bridgehead atoms. The van der Waals surface area contributed by atoms with Crippen molar-refractivity contribution in [2.24, 2.45) is 0 Å². The molecule has 3 nitrogen and oxygen atoms in total. The molecule has 3 heteroatoms. The number of aromatic nitrogens is 3. The molecule has 0 unspecified atom stereocenters. The van der Waals surface area contributed by atoms with Gasteiger partial charge in [-0.3, -0.25) is 4.57 Å². The molecule has 1 aliphatic rings. The molecule has 226 valence electrons. The maximum atomic E-state index is 5.41. The Balaban J connectivity index is 1.37. The van der Waals surface area contributed by atoms with Crippen molar-refractivity contribution in [2.75, 3.05) is 0 Å². The van der Waals surface area contributed by atoms with E-state index in [-0.39, 0.29) is 5.41 Å². The molecule has 7 aromatic carbocycles. The molecule has 0 saturated heterocycles. The summed E-state index contributed by atoms with van der Waals surface area (Å²) in [7, 11) is 0. The van der Waals surface area contributed by atoms with Gasteiger partial charge in [-0.25, -0.2) is 9.97 Å². The monoisotopic (exact) mass is 613 g/mol. The van der Waals surface area contributed by atoms with Gasteiger partial charge >= 0.3 is 0 Å². The van der Waals surface area contributed by atoms with Gasteiger partial charge in [-0.05, 0) is 56.8 Å². The molecular formula is C45H31N3. The molecule has 0 fully saturated rings. The van der Waals surface area contributed by atoms with Crippen molar-refractivity contribution in [2.45, 2.75) is 19.3 Å². The van der Waals surface area contributed by atoms with Crippen molar-refractivity contribution < 1.29 is 0 Å². The van der Waals surface area contributed by atoms with E-state index in [1.54, 1.807) is 0 Å². The van der Waals surface area contributed by atoms with Gasteiger partial charge in [-0.1, -0.05) is 147 Å². The van der Waals surface area contributed by atoms with Gasteiger partial charge in [0.2, 0.25) is 5.95 Å². The van der Waals surface area contributed by atoms with Crippen LogP contribution in [0.25, 0.3) is 82.9 Å². The molecule has 1 aliphatic carbocycles. The van der Waals surface area contributed by atoms with E-state index in [4.69, 9.17) is 9.97 Å². The molecule has 2 heterocycles. The Bertz CT molecular complexity index is 2750. The number of para-hydroxylation sites is 2. The van der Waals surface area contributed by atoms with E-state index in [0.717, 1.165) is 33.2 Å². The Morgan fingerprint density at radius 3 is 2.02 bits per heavy atom. The molecule has 48 heavy (non-hydrogen) atoms. The molecule has 0 atom stereocenters. The summed E-state index contributed by atoms with van der Waals surface area (Å²) in [5, 5.41) is 5.83. The Morgan fingerprint density at radius 2 is 1.15 bits per heavy atom. The molecule has 9 aromatic rings. The second kappa shape index (κ2) is 9.97. The zero-order valence-electron chi connectivity index (χ0n) is 26.8. The van der Waals surface area contributed by atoms with Crippen molar-refractivity contribution in [3.8, 4) is 39.5 Å². The Morgan fingerprint density at radius 1 is 0.500 bits per heavy atom. The van der Waals surface area contributed by atoms with Gasteiger partial charge in [-0.15, -0.1) is 0 Å². The van der Waals surface area contributed by atoms with Crippen molar-refractivity contribution >= 4 is 43.5 Å². The number of hydrogen-bond donors (Lipinski definition) is 0. The zero-order chi connectivity index (χ0) is 32.0. The second-order valence-electron chi connectivity index (χ2n) is 13.4. The van der Waals surface area contributed by atoms with Gasteiger partial charge < -0.3 is 0 Å². The summed E-state index contributed by atoms with van der Waals surface area (Å²) in [6.07, 6.45) is 0. The third-order valence-corrected chi connectivity index (χ3v) is 10.4. The van der Waals surface area contributed by atoms with E-state index in [2.05, 4.69) is 170 Å². The van der Waals surface area contributed by atoms with Gasteiger partial charge in [-0.2, -0.15) is 0 Å². The van der Waals surface area contributed by atoms with Gasteiger partial charge in [0.05, 0.1) is 22.2 Å². The molecule has 0 spiro atoms. The average molecular weight is 614 g/mol. The highest BCUT2D eigenvalue weighted by molar-refractivity contribution is 6.17. The van der Waals surface area contributed by atoms with Crippen molar-refractivity contribution in [1.29, 1.82) is 0 Å². The third kappa shape index (κ3) is 3.76. The van der Waals surface area contributed by atoms with Gasteiger partial charge in [0.1, 0.15) is 0 Å².